The highest BCUT2D eigenvalue weighted by Crippen LogP contribution is 2.34. The summed E-state index contributed by atoms with van der Waals surface area (Å²) in [5.74, 6) is 0.846. The van der Waals surface area contributed by atoms with E-state index in [1.165, 1.54) is 23.3 Å². The summed E-state index contributed by atoms with van der Waals surface area (Å²) in [5.41, 5.74) is 2.52. The number of hydrogen-bond acceptors (Lipinski definition) is 5. The van der Waals surface area contributed by atoms with Gasteiger partial charge in [-0.1, -0.05) is 25.5 Å². The third-order valence-corrected chi connectivity index (χ3v) is 7.44. The van der Waals surface area contributed by atoms with E-state index >= 15 is 0 Å². The van der Waals surface area contributed by atoms with E-state index in [0.717, 1.165) is 53.8 Å². The minimum atomic E-state index is 0.109. The second-order valence-corrected chi connectivity index (χ2v) is 9.34. The van der Waals surface area contributed by atoms with Crippen LogP contribution in [0.25, 0.3) is 10.2 Å². The summed E-state index contributed by atoms with van der Waals surface area (Å²) in [6.07, 6.45) is 8.11. The smallest absolute Gasteiger partial charge is 0.262 e. The van der Waals surface area contributed by atoms with Gasteiger partial charge in [0.05, 0.1) is 18.8 Å². The molecular weight excluding hydrogens is 394 g/mol. The normalized spacial score (nSPS) is 16.2. The van der Waals surface area contributed by atoms with E-state index in [9.17, 15) is 4.79 Å². The zero-order valence-corrected chi connectivity index (χ0v) is 19.0. The van der Waals surface area contributed by atoms with Crippen molar-refractivity contribution in [2.24, 2.45) is 0 Å². The molecule has 30 heavy (non-hydrogen) atoms. The predicted octanol–water partition coefficient (Wildman–Crippen LogP) is 4.30. The Labute approximate surface area is 182 Å². The Morgan fingerprint density at radius 1 is 1.37 bits per heavy atom. The molecule has 0 saturated carbocycles. The van der Waals surface area contributed by atoms with Gasteiger partial charge in [0.1, 0.15) is 10.6 Å². The fourth-order valence-corrected chi connectivity index (χ4v) is 5.64. The van der Waals surface area contributed by atoms with Crippen molar-refractivity contribution in [3.63, 3.8) is 0 Å². The van der Waals surface area contributed by atoms with E-state index in [-0.39, 0.29) is 5.56 Å². The first-order valence-electron chi connectivity index (χ1n) is 10.9. The van der Waals surface area contributed by atoms with Crippen LogP contribution in [0.4, 0.5) is 0 Å². The number of fused-ring (bicyclic) bond motifs is 3. The number of rotatable bonds is 8. The van der Waals surface area contributed by atoms with Crippen molar-refractivity contribution in [3.8, 4) is 5.75 Å². The van der Waals surface area contributed by atoms with E-state index < -0.39 is 0 Å². The lowest BCUT2D eigenvalue weighted by atomic mass is 9.92. The average Bonchev–Trinajstić information content (AvgIpc) is 3.15. The number of likely N-dealkylation sites (N-methyl/N-ethyl adjacent to an activating group) is 1. The molecule has 4 rings (SSSR count). The topological polar surface area (TPSA) is 47.4 Å². The Morgan fingerprint density at radius 2 is 2.23 bits per heavy atom. The van der Waals surface area contributed by atoms with E-state index in [1.807, 2.05) is 18.2 Å². The molecule has 3 aromatic rings. The number of thiophene rings is 1. The zero-order chi connectivity index (χ0) is 21.1. The van der Waals surface area contributed by atoms with Crippen LogP contribution in [-0.4, -0.2) is 41.2 Å². The molecule has 0 spiro atoms. The van der Waals surface area contributed by atoms with Gasteiger partial charge in [-0.05, 0) is 69.0 Å². The molecule has 6 heteroatoms. The maximum Gasteiger partial charge on any atom is 0.262 e. The molecule has 1 aromatic carbocycles. The SMILES string of the molecule is CCCCN(C)[C@@H]1CCc2c(sc3ncn(CCc4cccc(OC)c4)c(=O)c23)C1. The second kappa shape index (κ2) is 9.31. The minimum Gasteiger partial charge on any atom is -0.497 e. The van der Waals surface area contributed by atoms with Gasteiger partial charge in [0, 0.05) is 17.5 Å². The van der Waals surface area contributed by atoms with Crippen LogP contribution < -0.4 is 10.3 Å². The van der Waals surface area contributed by atoms with Crippen LogP contribution in [0.2, 0.25) is 0 Å². The highest BCUT2D eigenvalue weighted by atomic mass is 32.1. The molecule has 0 aliphatic heterocycles. The molecule has 0 unspecified atom stereocenters. The number of unbranched alkanes of at least 4 members (excludes halogenated alkanes) is 1. The lowest BCUT2D eigenvalue weighted by molar-refractivity contribution is 0.220. The average molecular weight is 426 g/mol. The Kier molecular flexibility index (Phi) is 6.54. The Bertz CT molecular complexity index is 1070. The molecule has 2 heterocycles. The lowest BCUT2D eigenvalue weighted by Gasteiger charge is -2.31. The number of nitrogens with zero attached hydrogens (tertiary/aromatic N) is 3. The predicted molar refractivity (Wildman–Crippen MR) is 124 cm³/mol. The Hall–Kier alpha value is -2.18. The Balaban J connectivity index is 1.54. The molecule has 1 aliphatic carbocycles. The van der Waals surface area contributed by atoms with Gasteiger partial charge >= 0.3 is 0 Å². The van der Waals surface area contributed by atoms with Crippen LogP contribution in [0.15, 0.2) is 35.4 Å². The number of aryl methyl sites for hydroxylation is 3. The van der Waals surface area contributed by atoms with Gasteiger partial charge in [-0.2, -0.15) is 0 Å². The zero-order valence-electron chi connectivity index (χ0n) is 18.2. The monoisotopic (exact) mass is 425 g/mol. The van der Waals surface area contributed by atoms with Crippen LogP contribution in [0, 0.1) is 0 Å². The lowest BCUT2D eigenvalue weighted by Crippen LogP contribution is -2.36. The van der Waals surface area contributed by atoms with Crippen molar-refractivity contribution in [2.75, 3.05) is 20.7 Å². The summed E-state index contributed by atoms with van der Waals surface area (Å²) in [7, 11) is 3.91. The van der Waals surface area contributed by atoms with Gasteiger partial charge in [0.2, 0.25) is 0 Å². The van der Waals surface area contributed by atoms with Crippen LogP contribution in [0.1, 0.15) is 42.2 Å². The standard InChI is InChI=1S/C24H31N3O2S/c1-4-5-12-26(2)18-9-10-20-21(15-18)30-23-22(20)24(28)27(16-25-23)13-11-17-7-6-8-19(14-17)29-3/h6-8,14,16,18H,4-5,9-13,15H2,1-3H3/t18-/m1/s1. The molecule has 0 fully saturated rings. The molecule has 1 aliphatic rings. The number of aromatic nitrogens is 2. The van der Waals surface area contributed by atoms with Crippen LogP contribution in [0.3, 0.4) is 0 Å². The molecule has 160 valence electrons. The van der Waals surface area contributed by atoms with Crippen molar-refractivity contribution in [1.82, 2.24) is 14.5 Å². The van der Waals surface area contributed by atoms with E-state index in [1.54, 1.807) is 29.3 Å². The molecule has 0 saturated heterocycles. The van der Waals surface area contributed by atoms with Crippen molar-refractivity contribution in [3.05, 3.63) is 57.0 Å². The summed E-state index contributed by atoms with van der Waals surface area (Å²) < 4.78 is 7.08. The molecule has 0 radical (unpaired) electrons. The van der Waals surface area contributed by atoms with Gasteiger partial charge in [-0.3, -0.25) is 9.36 Å². The highest BCUT2D eigenvalue weighted by Gasteiger charge is 2.27. The quantitative estimate of drug-likeness (QED) is 0.540. The maximum absolute atomic E-state index is 13.3. The van der Waals surface area contributed by atoms with Crippen LogP contribution in [-0.2, 0) is 25.8 Å². The fourth-order valence-electron chi connectivity index (χ4n) is 4.39. The summed E-state index contributed by atoms with van der Waals surface area (Å²) in [6.45, 7) is 4.02. The molecule has 0 N–H and O–H groups in total. The Morgan fingerprint density at radius 3 is 3.03 bits per heavy atom. The second-order valence-electron chi connectivity index (χ2n) is 8.26. The minimum absolute atomic E-state index is 0.109. The van der Waals surface area contributed by atoms with Gasteiger partial charge in [0.25, 0.3) is 5.56 Å². The third kappa shape index (κ3) is 4.30. The number of hydrogen-bond donors (Lipinski definition) is 0. The molecular formula is C24H31N3O2S. The van der Waals surface area contributed by atoms with Crippen molar-refractivity contribution in [1.29, 1.82) is 0 Å². The van der Waals surface area contributed by atoms with Crippen LogP contribution >= 0.6 is 11.3 Å². The molecule has 2 aromatic heterocycles. The van der Waals surface area contributed by atoms with E-state index in [4.69, 9.17) is 4.74 Å². The molecule has 0 bridgehead atoms. The highest BCUT2D eigenvalue weighted by molar-refractivity contribution is 7.18. The van der Waals surface area contributed by atoms with Crippen LogP contribution in [0.5, 0.6) is 5.75 Å². The molecule has 0 amide bonds. The summed E-state index contributed by atoms with van der Waals surface area (Å²) in [6, 6.07) is 8.60. The van der Waals surface area contributed by atoms with Gasteiger partial charge in [-0.25, -0.2) is 4.98 Å². The fraction of sp³-hybridized carbons (Fsp3) is 0.500. The van der Waals surface area contributed by atoms with E-state index in [0.29, 0.717) is 12.6 Å². The summed E-state index contributed by atoms with van der Waals surface area (Å²) >= 11 is 1.72. The number of methoxy groups -OCH3 is 1. The molecule has 5 nitrogen and oxygen atoms in total. The summed E-state index contributed by atoms with van der Waals surface area (Å²) in [4.78, 5) is 22.7. The maximum atomic E-state index is 13.3. The first kappa shape index (κ1) is 21.1. The van der Waals surface area contributed by atoms with Crippen molar-refractivity contribution >= 4 is 21.6 Å². The summed E-state index contributed by atoms with van der Waals surface area (Å²) in [5, 5.41) is 0.859. The van der Waals surface area contributed by atoms with Crippen molar-refractivity contribution < 1.29 is 4.74 Å². The third-order valence-electron chi connectivity index (χ3n) is 6.27. The van der Waals surface area contributed by atoms with Gasteiger partial charge < -0.3 is 9.64 Å². The molecule has 1 atom stereocenters. The first-order chi connectivity index (χ1) is 14.6. The van der Waals surface area contributed by atoms with E-state index in [2.05, 4.69) is 29.9 Å². The number of ether oxygens (including phenoxy) is 1. The van der Waals surface area contributed by atoms with Crippen molar-refractivity contribution in [2.45, 2.75) is 58.0 Å². The van der Waals surface area contributed by atoms with Gasteiger partial charge in [0.15, 0.2) is 0 Å². The first-order valence-corrected chi connectivity index (χ1v) is 11.7. The largest absolute Gasteiger partial charge is 0.497 e. The van der Waals surface area contributed by atoms with Gasteiger partial charge in [-0.15, -0.1) is 11.3 Å². The number of benzene rings is 1.